The molecule has 1 N–H and O–H groups in total. The van der Waals surface area contributed by atoms with Crippen LogP contribution in [0.4, 0.5) is 10.1 Å². The molecule has 2 aromatic rings. The van der Waals surface area contributed by atoms with Gasteiger partial charge in [-0.15, -0.1) is 5.10 Å². The van der Waals surface area contributed by atoms with Gasteiger partial charge in [0.05, 0.1) is 32.6 Å². The molecule has 1 fully saturated rings. The molecule has 0 aliphatic carbocycles. The zero-order valence-corrected chi connectivity index (χ0v) is 10.6. The standard InChI is InChI=1S/C11H13FN6O/c1-11(12)5-18(6-11)8-4-13-9(15-10(8)19-2)7-3-14-17-16-7/h3-4H,5-6H2,1-2H3,(H,14,16,17). The highest BCUT2D eigenvalue weighted by Gasteiger charge is 2.40. The van der Waals surface area contributed by atoms with Crippen LogP contribution in [0.2, 0.25) is 0 Å². The Morgan fingerprint density at radius 1 is 1.47 bits per heavy atom. The molecule has 0 spiro atoms. The number of aromatic amines is 1. The number of nitrogens with one attached hydrogen (secondary N) is 1. The molecule has 3 heterocycles. The van der Waals surface area contributed by atoms with Crippen molar-refractivity contribution in [3.8, 4) is 17.4 Å². The number of methoxy groups -OCH3 is 1. The van der Waals surface area contributed by atoms with E-state index in [1.54, 1.807) is 19.3 Å². The second-order valence-electron chi connectivity index (χ2n) is 4.72. The number of halogens is 1. The number of anilines is 1. The van der Waals surface area contributed by atoms with Gasteiger partial charge in [-0.2, -0.15) is 4.98 Å². The van der Waals surface area contributed by atoms with E-state index in [9.17, 15) is 4.39 Å². The van der Waals surface area contributed by atoms with Gasteiger partial charge in [0.25, 0.3) is 0 Å². The molecule has 1 saturated heterocycles. The number of ether oxygens (including phenoxy) is 1. The van der Waals surface area contributed by atoms with Gasteiger partial charge in [0, 0.05) is 0 Å². The normalized spacial score (nSPS) is 17.1. The first-order chi connectivity index (χ1) is 9.09. The first-order valence-electron chi connectivity index (χ1n) is 5.81. The molecule has 0 atom stereocenters. The lowest BCUT2D eigenvalue weighted by Crippen LogP contribution is -2.57. The highest BCUT2D eigenvalue weighted by Crippen LogP contribution is 2.35. The molecule has 0 radical (unpaired) electrons. The molecule has 19 heavy (non-hydrogen) atoms. The number of aromatic nitrogens is 5. The summed E-state index contributed by atoms with van der Waals surface area (Å²) in [5.41, 5.74) is 0.0594. The van der Waals surface area contributed by atoms with E-state index in [1.807, 2.05) is 4.90 Å². The molecule has 8 heteroatoms. The lowest BCUT2D eigenvalue weighted by atomic mass is 9.99. The van der Waals surface area contributed by atoms with E-state index in [0.29, 0.717) is 36.2 Å². The summed E-state index contributed by atoms with van der Waals surface area (Å²) < 4.78 is 18.8. The smallest absolute Gasteiger partial charge is 0.241 e. The van der Waals surface area contributed by atoms with Gasteiger partial charge < -0.3 is 9.64 Å². The summed E-state index contributed by atoms with van der Waals surface area (Å²) in [7, 11) is 1.52. The Morgan fingerprint density at radius 3 is 2.84 bits per heavy atom. The first kappa shape index (κ1) is 11.8. The van der Waals surface area contributed by atoms with Crippen LogP contribution in [-0.4, -0.2) is 51.2 Å². The van der Waals surface area contributed by atoms with Crippen molar-refractivity contribution in [1.29, 1.82) is 0 Å². The van der Waals surface area contributed by atoms with Crippen molar-refractivity contribution >= 4 is 5.69 Å². The van der Waals surface area contributed by atoms with Gasteiger partial charge >= 0.3 is 0 Å². The number of rotatable bonds is 3. The van der Waals surface area contributed by atoms with Gasteiger partial charge in [-0.25, -0.2) is 9.37 Å². The number of alkyl halides is 1. The fourth-order valence-electron chi connectivity index (χ4n) is 2.08. The molecule has 0 unspecified atom stereocenters. The van der Waals surface area contributed by atoms with E-state index < -0.39 is 5.67 Å². The lowest BCUT2D eigenvalue weighted by Gasteiger charge is -2.43. The molecule has 0 saturated carbocycles. The predicted molar refractivity (Wildman–Crippen MR) is 65.7 cm³/mol. The molecule has 1 aliphatic heterocycles. The molecule has 0 aromatic carbocycles. The largest absolute Gasteiger partial charge is 0.479 e. The minimum atomic E-state index is -1.16. The van der Waals surface area contributed by atoms with E-state index in [0.717, 1.165) is 0 Å². The van der Waals surface area contributed by atoms with Gasteiger partial charge in [-0.1, -0.05) is 5.21 Å². The summed E-state index contributed by atoms with van der Waals surface area (Å²) >= 11 is 0. The fraction of sp³-hybridized carbons (Fsp3) is 0.455. The van der Waals surface area contributed by atoms with Gasteiger partial charge in [0.2, 0.25) is 5.88 Å². The van der Waals surface area contributed by atoms with Crippen LogP contribution in [0.1, 0.15) is 6.92 Å². The van der Waals surface area contributed by atoms with Crippen molar-refractivity contribution in [2.45, 2.75) is 12.6 Å². The van der Waals surface area contributed by atoms with Gasteiger partial charge in [-0.05, 0) is 6.92 Å². The number of nitrogens with zero attached hydrogens (tertiary/aromatic N) is 5. The third-order valence-corrected chi connectivity index (χ3v) is 2.96. The van der Waals surface area contributed by atoms with Crippen molar-refractivity contribution in [2.75, 3.05) is 25.1 Å². The van der Waals surface area contributed by atoms with Crippen LogP contribution in [0.3, 0.4) is 0 Å². The van der Waals surface area contributed by atoms with Crippen molar-refractivity contribution in [1.82, 2.24) is 25.4 Å². The Labute approximate surface area is 108 Å². The maximum Gasteiger partial charge on any atom is 0.241 e. The van der Waals surface area contributed by atoms with Crippen molar-refractivity contribution in [3.05, 3.63) is 12.4 Å². The molecule has 7 nitrogen and oxygen atoms in total. The van der Waals surface area contributed by atoms with Gasteiger partial charge in [-0.3, -0.25) is 5.10 Å². The minimum absolute atomic E-state index is 0.316. The molecule has 0 bridgehead atoms. The van der Waals surface area contributed by atoms with Crippen LogP contribution in [-0.2, 0) is 0 Å². The Hall–Kier alpha value is -2.25. The maximum absolute atomic E-state index is 13.5. The Kier molecular flexibility index (Phi) is 2.58. The number of H-pyrrole nitrogens is 1. The third kappa shape index (κ3) is 2.09. The Balaban J connectivity index is 1.90. The van der Waals surface area contributed by atoms with Crippen molar-refractivity contribution < 1.29 is 9.13 Å². The van der Waals surface area contributed by atoms with E-state index >= 15 is 0 Å². The Morgan fingerprint density at radius 2 is 2.26 bits per heavy atom. The van der Waals surface area contributed by atoms with E-state index in [4.69, 9.17) is 4.74 Å². The maximum atomic E-state index is 13.5. The highest BCUT2D eigenvalue weighted by atomic mass is 19.1. The predicted octanol–water partition coefficient (Wildman–Crippen LogP) is 0.819. The summed E-state index contributed by atoms with van der Waals surface area (Å²) in [6, 6.07) is 0. The van der Waals surface area contributed by atoms with Crippen LogP contribution >= 0.6 is 0 Å². The molecule has 2 aromatic heterocycles. The summed E-state index contributed by atoms with van der Waals surface area (Å²) in [6.07, 6.45) is 3.21. The summed E-state index contributed by atoms with van der Waals surface area (Å²) in [6.45, 7) is 2.20. The summed E-state index contributed by atoms with van der Waals surface area (Å²) in [4.78, 5) is 10.3. The molecular weight excluding hydrogens is 251 g/mol. The third-order valence-electron chi connectivity index (χ3n) is 2.96. The summed E-state index contributed by atoms with van der Waals surface area (Å²) in [5, 5.41) is 10.0. The molecular formula is C11H13FN6O. The van der Waals surface area contributed by atoms with Crippen LogP contribution < -0.4 is 9.64 Å². The van der Waals surface area contributed by atoms with Crippen LogP contribution in [0, 0.1) is 0 Å². The molecule has 100 valence electrons. The van der Waals surface area contributed by atoms with Gasteiger partial charge in [0.15, 0.2) is 5.82 Å². The van der Waals surface area contributed by atoms with Gasteiger partial charge in [0.1, 0.15) is 17.1 Å². The molecule has 0 amide bonds. The van der Waals surface area contributed by atoms with Crippen LogP contribution in [0.15, 0.2) is 12.4 Å². The quantitative estimate of drug-likeness (QED) is 0.884. The van der Waals surface area contributed by atoms with Crippen LogP contribution in [0.5, 0.6) is 5.88 Å². The summed E-state index contributed by atoms with van der Waals surface area (Å²) in [5.74, 6) is 0.821. The first-order valence-corrected chi connectivity index (χ1v) is 5.81. The average molecular weight is 264 g/mol. The fourth-order valence-corrected chi connectivity index (χ4v) is 2.08. The highest BCUT2D eigenvalue weighted by molar-refractivity contribution is 5.60. The van der Waals surface area contributed by atoms with E-state index in [-0.39, 0.29) is 0 Å². The Bertz CT molecular complexity index is 577. The second kappa shape index (κ2) is 4.15. The molecule has 3 rings (SSSR count). The molecule has 1 aliphatic rings. The van der Waals surface area contributed by atoms with E-state index in [2.05, 4.69) is 25.4 Å². The average Bonchev–Trinajstić information content (AvgIpc) is 2.89. The van der Waals surface area contributed by atoms with Crippen molar-refractivity contribution in [3.63, 3.8) is 0 Å². The SMILES string of the molecule is COc1nc(-c2c[nH]nn2)ncc1N1CC(C)(F)C1. The monoisotopic (exact) mass is 264 g/mol. The van der Waals surface area contributed by atoms with E-state index in [1.165, 1.54) is 7.11 Å². The lowest BCUT2D eigenvalue weighted by molar-refractivity contribution is 0.143. The number of hydrogen-bond acceptors (Lipinski definition) is 6. The minimum Gasteiger partial charge on any atom is -0.479 e. The van der Waals surface area contributed by atoms with Crippen LogP contribution in [0.25, 0.3) is 11.5 Å². The second-order valence-corrected chi connectivity index (χ2v) is 4.72. The topological polar surface area (TPSA) is 79.8 Å². The zero-order chi connectivity index (χ0) is 13.5. The zero-order valence-electron chi connectivity index (χ0n) is 10.6. The van der Waals surface area contributed by atoms with Crippen molar-refractivity contribution in [2.24, 2.45) is 0 Å². The number of hydrogen-bond donors (Lipinski definition) is 1.